The summed E-state index contributed by atoms with van der Waals surface area (Å²) in [5.41, 5.74) is 2.72. The standard InChI is InChI=1S/C19H24O2/c1-11-9-12-10-13(20)3-4-14(12)15-7-8-19(2)16(18(11)15)5-6-17(19)21/h3-4,10-11,15-16,18,20H,5-9H2,1-2H3/t11-,15?,16?,18?,19+/m1/s1. The van der Waals surface area contributed by atoms with Gasteiger partial charge in [0.05, 0.1) is 0 Å². The van der Waals surface area contributed by atoms with Gasteiger partial charge in [-0.3, -0.25) is 4.79 Å². The number of ketones is 1. The van der Waals surface area contributed by atoms with Crippen LogP contribution in [0.15, 0.2) is 18.2 Å². The van der Waals surface area contributed by atoms with Gasteiger partial charge < -0.3 is 5.11 Å². The average Bonchev–Trinajstić information content (AvgIpc) is 2.74. The molecule has 0 bridgehead atoms. The number of Topliss-reactive ketones (excluding diaryl/α,β-unsaturated/α-hetero) is 1. The molecule has 112 valence electrons. The van der Waals surface area contributed by atoms with E-state index in [0.29, 0.717) is 35.2 Å². The Morgan fingerprint density at radius 2 is 2.10 bits per heavy atom. The van der Waals surface area contributed by atoms with Crippen molar-refractivity contribution in [1.82, 2.24) is 0 Å². The number of carbonyl (C=O) groups excluding carboxylic acids is 1. The molecule has 3 unspecified atom stereocenters. The Labute approximate surface area is 126 Å². The molecule has 1 aromatic rings. The number of fused-ring (bicyclic) bond motifs is 5. The summed E-state index contributed by atoms with van der Waals surface area (Å²) in [6.45, 7) is 4.57. The van der Waals surface area contributed by atoms with Gasteiger partial charge in [-0.05, 0) is 72.6 Å². The van der Waals surface area contributed by atoms with Gasteiger partial charge >= 0.3 is 0 Å². The lowest BCUT2D eigenvalue weighted by atomic mass is 9.53. The van der Waals surface area contributed by atoms with Crippen LogP contribution < -0.4 is 0 Å². The molecule has 0 amide bonds. The molecule has 0 heterocycles. The molecule has 2 saturated carbocycles. The van der Waals surface area contributed by atoms with Crippen molar-refractivity contribution < 1.29 is 9.90 Å². The van der Waals surface area contributed by atoms with Gasteiger partial charge in [-0.25, -0.2) is 0 Å². The monoisotopic (exact) mass is 284 g/mol. The first kappa shape index (κ1) is 13.4. The maximum atomic E-state index is 12.4. The van der Waals surface area contributed by atoms with Crippen molar-refractivity contribution in [1.29, 1.82) is 0 Å². The van der Waals surface area contributed by atoms with Gasteiger partial charge in [-0.2, -0.15) is 0 Å². The highest BCUT2D eigenvalue weighted by molar-refractivity contribution is 5.87. The molecule has 3 aliphatic rings. The lowest BCUT2D eigenvalue weighted by molar-refractivity contribution is -0.129. The zero-order chi connectivity index (χ0) is 14.8. The zero-order valence-corrected chi connectivity index (χ0v) is 12.9. The number of hydrogen-bond donors (Lipinski definition) is 1. The van der Waals surface area contributed by atoms with Crippen molar-refractivity contribution in [3.63, 3.8) is 0 Å². The van der Waals surface area contributed by atoms with E-state index >= 15 is 0 Å². The van der Waals surface area contributed by atoms with E-state index in [0.717, 1.165) is 32.1 Å². The smallest absolute Gasteiger partial charge is 0.139 e. The van der Waals surface area contributed by atoms with Crippen molar-refractivity contribution in [2.75, 3.05) is 0 Å². The van der Waals surface area contributed by atoms with Crippen LogP contribution in [0.5, 0.6) is 5.75 Å². The highest BCUT2D eigenvalue weighted by atomic mass is 16.3. The van der Waals surface area contributed by atoms with Crippen LogP contribution in [0, 0.1) is 23.2 Å². The normalized spacial score (nSPS) is 41.3. The van der Waals surface area contributed by atoms with Crippen LogP contribution in [0.25, 0.3) is 0 Å². The van der Waals surface area contributed by atoms with Gasteiger partial charge in [0.2, 0.25) is 0 Å². The summed E-state index contributed by atoms with van der Waals surface area (Å²) >= 11 is 0. The SMILES string of the molecule is C[C@@H]1Cc2cc(O)ccc2C2CC[C@]3(C)C(=O)CCC3C21. The summed E-state index contributed by atoms with van der Waals surface area (Å²) < 4.78 is 0. The van der Waals surface area contributed by atoms with Gasteiger partial charge in [-0.1, -0.05) is 19.9 Å². The molecule has 5 atom stereocenters. The fourth-order valence-electron chi connectivity index (χ4n) is 5.74. The number of rotatable bonds is 0. The molecular weight excluding hydrogens is 260 g/mol. The van der Waals surface area contributed by atoms with Gasteiger partial charge in [0.1, 0.15) is 11.5 Å². The first-order chi connectivity index (χ1) is 10.0. The molecule has 1 aromatic carbocycles. The fraction of sp³-hybridized carbons (Fsp3) is 0.632. The topological polar surface area (TPSA) is 37.3 Å². The third-order valence-corrected chi connectivity index (χ3v) is 6.77. The number of benzene rings is 1. The number of hydrogen-bond acceptors (Lipinski definition) is 2. The van der Waals surface area contributed by atoms with Gasteiger partial charge in [0, 0.05) is 11.8 Å². The van der Waals surface area contributed by atoms with Crippen LogP contribution >= 0.6 is 0 Å². The maximum absolute atomic E-state index is 12.4. The summed E-state index contributed by atoms with van der Waals surface area (Å²) in [7, 11) is 0. The second-order valence-electron chi connectivity index (χ2n) is 7.77. The number of phenolic OH excluding ortho intramolecular Hbond substituents is 1. The molecular formula is C19H24O2. The second-order valence-corrected chi connectivity index (χ2v) is 7.77. The van der Waals surface area contributed by atoms with Gasteiger partial charge in [-0.15, -0.1) is 0 Å². The molecule has 0 aliphatic heterocycles. The molecule has 3 aliphatic carbocycles. The van der Waals surface area contributed by atoms with Crippen molar-refractivity contribution in [3.05, 3.63) is 29.3 Å². The largest absolute Gasteiger partial charge is 0.508 e. The van der Waals surface area contributed by atoms with Crippen molar-refractivity contribution in [3.8, 4) is 5.75 Å². The third-order valence-electron chi connectivity index (χ3n) is 6.77. The molecule has 0 radical (unpaired) electrons. The predicted molar refractivity (Wildman–Crippen MR) is 82.3 cm³/mol. The highest BCUT2D eigenvalue weighted by Crippen LogP contribution is 2.60. The Balaban J connectivity index is 1.77. The van der Waals surface area contributed by atoms with Crippen molar-refractivity contribution in [2.24, 2.45) is 23.2 Å². The third kappa shape index (κ3) is 1.74. The lowest BCUT2D eigenvalue weighted by Gasteiger charge is -2.51. The van der Waals surface area contributed by atoms with Crippen LogP contribution in [0.1, 0.15) is 56.6 Å². The quantitative estimate of drug-likeness (QED) is 0.780. The van der Waals surface area contributed by atoms with E-state index in [1.54, 1.807) is 0 Å². The average molecular weight is 284 g/mol. The molecule has 2 fully saturated rings. The van der Waals surface area contributed by atoms with Gasteiger partial charge in [0.15, 0.2) is 0 Å². The Morgan fingerprint density at radius 3 is 2.90 bits per heavy atom. The van der Waals surface area contributed by atoms with Crippen LogP contribution in [0.2, 0.25) is 0 Å². The van der Waals surface area contributed by atoms with Crippen LogP contribution in [0.4, 0.5) is 0 Å². The minimum absolute atomic E-state index is 0.0517. The highest BCUT2D eigenvalue weighted by Gasteiger charge is 2.56. The number of phenols is 1. The first-order valence-corrected chi connectivity index (χ1v) is 8.36. The van der Waals surface area contributed by atoms with E-state index in [-0.39, 0.29) is 5.41 Å². The Bertz CT molecular complexity index is 606. The van der Waals surface area contributed by atoms with E-state index < -0.39 is 0 Å². The molecule has 2 heteroatoms. The van der Waals surface area contributed by atoms with E-state index in [4.69, 9.17) is 0 Å². The molecule has 1 N–H and O–H groups in total. The predicted octanol–water partition coefficient (Wildman–Crippen LogP) is 4.06. The summed E-state index contributed by atoms with van der Waals surface area (Å²) in [4.78, 5) is 12.4. The van der Waals surface area contributed by atoms with E-state index in [1.807, 2.05) is 12.1 Å². The number of carbonyl (C=O) groups is 1. The van der Waals surface area contributed by atoms with E-state index in [9.17, 15) is 9.90 Å². The Kier molecular flexibility index (Phi) is 2.76. The molecule has 4 rings (SSSR count). The molecule has 21 heavy (non-hydrogen) atoms. The number of aromatic hydroxyl groups is 1. The van der Waals surface area contributed by atoms with Crippen LogP contribution in [-0.4, -0.2) is 10.9 Å². The Morgan fingerprint density at radius 1 is 1.29 bits per heavy atom. The molecule has 0 saturated heterocycles. The molecule has 0 spiro atoms. The first-order valence-electron chi connectivity index (χ1n) is 8.36. The van der Waals surface area contributed by atoms with E-state index in [1.165, 1.54) is 11.1 Å². The Hall–Kier alpha value is -1.31. The lowest BCUT2D eigenvalue weighted by Crippen LogP contribution is -2.45. The zero-order valence-electron chi connectivity index (χ0n) is 12.9. The van der Waals surface area contributed by atoms with E-state index in [2.05, 4.69) is 19.9 Å². The minimum atomic E-state index is -0.0517. The van der Waals surface area contributed by atoms with Crippen molar-refractivity contribution in [2.45, 2.75) is 51.9 Å². The summed E-state index contributed by atoms with van der Waals surface area (Å²) in [5.74, 6) is 3.31. The molecule has 2 nitrogen and oxygen atoms in total. The summed E-state index contributed by atoms with van der Waals surface area (Å²) in [6.07, 6.45) is 5.11. The van der Waals surface area contributed by atoms with Crippen LogP contribution in [0.3, 0.4) is 0 Å². The van der Waals surface area contributed by atoms with Gasteiger partial charge in [0.25, 0.3) is 0 Å². The summed E-state index contributed by atoms with van der Waals surface area (Å²) in [6, 6.07) is 5.92. The maximum Gasteiger partial charge on any atom is 0.139 e. The second kappa shape index (κ2) is 4.34. The van der Waals surface area contributed by atoms with Crippen LogP contribution in [-0.2, 0) is 11.2 Å². The summed E-state index contributed by atoms with van der Waals surface area (Å²) in [5, 5.41) is 9.75. The van der Waals surface area contributed by atoms with Crippen molar-refractivity contribution >= 4 is 5.78 Å². The molecule has 0 aromatic heterocycles. The fourth-order valence-corrected chi connectivity index (χ4v) is 5.74. The minimum Gasteiger partial charge on any atom is -0.508 e.